The molecule has 0 unspecified atom stereocenters. The number of hydrogen-bond acceptors (Lipinski definition) is 4. The van der Waals surface area contributed by atoms with Gasteiger partial charge in [0, 0.05) is 16.8 Å². The van der Waals surface area contributed by atoms with Crippen LogP contribution in [0, 0.1) is 6.92 Å². The summed E-state index contributed by atoms with van der Waals surface area (Å²) in [5.74, 6) is -0.407. The highest BCUT2D eigenvalue weighted by Gasteiger charge is 2.18. The summed E-state index contributed by atoms with van der Waals surface area (Å²) in [7, 11) is 0. The van der Waals surface area contributed by atoms with Crippen molar-refractivity contribution in [3.8, 4) is 22.6 Å². The van der Waals surface area contributed by atoms with Crippen LogP contribution >= 0.6 is 11.6 Å². The lowest BCUT2D eigenvalue weighted by Crippen LogP contribution is -2.11. The van der Waals surface area contributed by atoms with Crippen molar-refractivity contribution < 1.29 is 4.79 Å². The Balaban J connectivity index is 2.21. The fraction of sp³-hybridized carbons (Fsp3) is 0.0625. The van der Waals surface area contributed by atoms with Crippen molar-refractivity contribution in [2.75, 3.05) is 5.73 Å². The molecular weight excluding hydrogens is 314 g/mol. The number of rotatable bonds is 3. The molecule has 0 saturated heterocycles. The van der Waals surface area contributed by atoms with E-state index in [0.29, 0.717) is 33.2 Å². The van der Waals surface area contributed by atoms with Gasteiger partial charge in [-0.05, 0) is 31.2 Å². The second-order valence-electron chi connectivity index (χ2n) is 5.12. The molecule has 23 heavy (non-hydrogen) atoms. The molecule has 116 valence electrons. The number of halogens is 1. The summed E-state index contributed by atoms with van der Waals surface area (Å²) in [5, 5.41) is 0.522. The molecule has 0 bridgehead atoms. The fourth-order valence-corrected chi connectivity index (χ4v) is 2.57. The van der Waals surface area contributed by atoms with Crippen molar-refractivity contribution in [2.24, 2.45) is 5.73 Å². The average molecular weight is 328 g/mol. The summed E-state index contributed by atoms with van der Waals surface area (Å²) >= 11 is 6.27. The van der Waals surface area contributed by atoms with E-state index in [2.05, 4.69) is 15.0 Å². The Morgan fingerprint density at radius 3 is 2.74 bits per heavy atom. The maximum atomic E-state index is 11.8. The van der Waals surface area contributed by atoms with E-state index in [1.165, 1.54) is 0 Å². The highest BCUT2D eigenvalue weighted by Crippen LogP contribution is 2.33. The van der Waals surface area contributed by atoms with Crippen LogP contribution < -0.4 is 11.5 Å². The van der Waals surface area contributed by atoms with E-state index in [9.17, 15) is 4.79 Å². The number of benzene rings is 1. The Labute approximate surface area is 137 Å². The number of nitrogens with two attached hydrogens (primary N) is 2. The van der Waals surface area contributed by atoms with Gasteiger partial charge in [-0.3, -0.25) is 4.79 Å². The van der Waals surface area contributed by atoms with Gasteiger partial charge in [-0.15, -0.1) is 0 Å². The molecule has 2 aromatic heterocycles. The molecule has 0 aliphatic rings. The average Bonchev–Trinajstić information content (AvgIpc) is 2.95. The number of nitrogens with zero attached hydrogens (tertiary/aromatic N) is 2. The zero-order valence-electron chi connectivity index (χ0n) is 12.3. The number of hydrogen-bond donors (Lipinski definition) is 3. The largest absolute Gasteiger partial charge is 0.368 e. The zero-order chi connectivity index (χ0) is 16.6. The predicted octanol–water partition coefficient (Wildman–Crippen LogP) is 2.78. The van der Waals surface area contributed by atoms with E-state index >= 15 is 0 Å². The summed E-state index contributed by atoms with van der Waals surface area (Å²) in [4.78, 5) is 23.0. The van der Waals surface area contributed by atoms with Gasteiger partial charge in [-0.1, -0.05) is 23.2 Å². The number of aromatic nitrogens is 3. The first-order valence-electron chi connectivity index (χ1n) is 6.84. The number of amides is 1. The monoisotopic (exact) mass is 327 g/mol. The van der Waals surface area contributed by atoms with Gasteiger partial charge >= 0.3 is 0 Å². The van der Waals surface area contributed by atoms with Gasteiger partial charge < -0.3 is 16.5 Å². The second kappa shape index (κ2) is 5.73. The second-order valence-corrected chi connectivity index (χ2v) is 5.53. The number of nitrogens with one attached hydrogen (secondary N) is 1. The number of nitrogen functional groups attached to an aromatic ring is 1. The molecule has 0 saturated carbocycles. The molecule has 3 rings (SSSR count). The molecule has 2 heterocycles. The first-order valence-corrected chi connectivity index (χ1v) is 7.21. The molecule has 7 heteroatoms. The molecule has 6 nitrogen and oxygen atoms in total. The number of aryl methyl sites for hydroxylation is 1. The lowest BCUT2D eigenvalue weighted by molar-refractivity contribution is 0.100. The third-order valence-electron chi connectivity index (χ3n) is 3.42. The number of carbonyl (C=O) groups excluding carboxylic acids is 1. The molecule has 3 aromatic rings. The fourth-order valence-electron chi connectivity index (χ4n) is 2.35. The Kier molecular flexibility index (Phi) is 3.75. The van der Waals surface area contributed by atoms with Gasteiger partial charge in [0.1, 0.15) is 0 Å². The Bertz CT molecular complexity index is 903. The Hall–Kier alpha value is -2.86. The maximum Gasteiger partial charge on any atom is 0.250 e. The molecule has 1 amide bonds. The first-order chi connectivity index (χ1) is 11.0. The number of anilines is 1. The molecule has 5 N–H and O–H groups in total. The Morgan fingerprint density at radius 1 is 1.26 bits per heavy atom. The lowest BCUT2D eigenvalue weighted by Gasteiger charge is -2.06. The quantitative estimate of drug-likeness (QED) is 0.686. The van der Waals surface area contributed by atoms with Gasteiger partial charge in [0.05, 0.1) is 22.6 Å². The predicted molar refractivity (Wildman–Crippen MR) is 89.9 cm³/mol. The number of aromatic amines is 1. The minimum Gasteiger partial charge on any atom is -0.368 e. The van der Waals surface area contributed by atoms with E-state index in [-0.39, 0.29) is 5.95 Å². The minimum atomic E-state index is -0.554. The summed E-state index contributed by atoms with van der Waals surface area (Å²) in [6.07, 6.45) is 1.54. The van der Waals surface area contributed by atoms with Crippen LogP contribution in [0.25, 0.3) is 22.6 Å². The van der Waals surface area contributed by atoms with Crippen molar-refractivity contribution in [3.63, 3.8) is 0 Å². The summed E-state index contributed by atoms with van der Waals surface area (Å²) < 4.78 is 0. The SMILES string of the molecule is Cc1ccc(Cl)c(-c2[nH]c(-c3ccnc(N)n3)cc2C(N)=O)c1. The molecule has 0 radical (unpaired) electrons. The molecule has 0 aliphatic heterocycles. The van der Waals surface area contributed by atoms with Crippen LogP contribution in [-0.4, -0.2) is 20.9 Å². The van der Waals surface area contributed by atoms with E-state index in [0.717, 1.165) is 5.56 Å². The van der Waals surface area contributed by atoms with E-state index in [4.69, 9.17) is 23.1 Å². The number of H-pyrrole nitrogens is 1. The third-order valence-corrected chi connectivity index (χ3v) is 3.75. The summed E-state index contributed by atoms with van der Waals surface area (Å²) in [6.45, 7) is 1.94. The molecule has 0 spiro atoms. The normalized spacial score (nSPS) is 10.7. The van der Waals surface area contributed by atoms with Crippen molar-refractivity contribution in [3.05, 3.63) is 52.7 Å². The van der Waals surface area contributed by atoms with E-state index in [1.54, 1.807) is 24.4 Å². The molecule has 0 atom stereocenters. The van der Waals surface area contributed by atoms with E-state index in [1.807, 2.05) is 19.1 Å². The maximum absolute atomic E-state index is 11.8. The smallest absolute Gasteiger partial charge is 0.250 e. The standard InChI is InChI=1S/C16H14ClN5O/c1-8-2-3-11(17)9(6-8)14-10(15(18)23)7-13(21-14)12-4-5-20-16(19)22-12/h2-7,21H,1H3,(H2,18,23)(H2,19,20,22). The van der Waals surface area contributed by atoms with Gasteiger partial charge in [0.25, 0.3) is 5.91 Å². The molecule has 1 aromatic carbocycles. The van der Waals surface area contributed by atoms with Gasteiger partial charge in [0.15, 0.2) is 0 Å². The lowest BCUT2D eigenvalue weighted by atomic mass is 10.1. The van der Waals surface area contributed by atoms with Crippen molar-refractivity contribution in [2.45, 2.75) is 6.92 Å². The number of primary amides is 1. The van der Waals surface area contributed by atoms with Gasteiger partial charge in [-0.2, -0.15) is 0 Å². The Morgan fingerprint density at radius 2 is 2.04 bits per heavy atom. The van der Waals surface area contributed by atoms with Crippen LogP contribution in [-0.2, 0) is 0 Å². The third kappa shape index (κ3) is 2.89. The van der Waals surface area contributed by atoms with Crippen LogP contribution in [0.2, 0.25) is 5.02 Å². The highest BCUT2D eigenvalue weighted by molar-refractivity contribution is 6.33. The minimum absolute atomic E-state index is 0.146. The van der Waals surface area contributed by atoms with Crippen LogP contribution in [0.15, 0.2) is 36.5 Å². The van der Waals surface area contributed by atoms with Crippen LogP contribution in [0.4, 0.5) is 5.95 Å². The van der Waals surface area contributed by atoms with Crippen molar-refractivity contribution >= 4 is 23.5 Å². The molecular formula is C16H14ClN5O. The van der Waals surface area contributed by atoms with Crippen LogP contribution in [0.3, 0.4) is 0 Å². The number of carbonyl (C=O) groups is 1. The van der Waals surface area contributed by atoms with Crippen molar-refractivity contribution in [1.82, 2.24) is 15.0 Å². The topological polar surface area (TPSA) is 111 Å². The molecule has 0 aliphatic carbocycles. The van der Waals surface area contributed by atoms with Crippen LogP contribution in [0.1, 0.15) is 15.9 Å². The summed E-state index contributed by atoms with van der Waals surface area (Å²) in [6, 6.07) is 8.89. The first kappa shape index (κ1) is 15.1. The summed E-state index contributed by atoms with van der Waals surface area (Å²) in [5.41, 5.74) is 14.9. The zero-order valence-corrected chi connectivity index (χ0v) is 13.1. The highest BCUT2D eigenvalue weighted by atomic mass is 35.5. The van der Waals surface area contributed by atoms with Gasteiger partial charge in [-0.25, -0.2) is 9.97 Å². The van der Waals surface area contributed by atoms with Crippen LogP contribution in [0.5, 0.6) is 0 Å². The molecule has 0 fully saturated rings. The van der Waals surface area contributed by atoms with Crippen molar-refractivity contribution in [1.29, 1.82) is 0 Å². The van der Waals surface area contributed by atoms with Gasteiger partial charge in [0.2, 0.25) is 5.95 Å². The van der Waals surface area contributed by atoms with E-state index < -0.39 is 5.91 Å².